The van der Waals surface area contributed by atoms with Crippen LogP contribution in [-0.4, -0.2) is 54.3 Å². The van der Waals surface area contributed by atoms with E-state index in [9.17, 15) is 9.50 Å². The van der Waals surface area contributed by atoms with Gasteiger partial charge in [-0.05, 0) is 17.7 Å². The lowest BCUT2D eigenvalue weighted by atomic mass is 10.0. The molecule has 1 aromatic heterocycles. The van der Waals surface area contributed by atoms with Gasteiger partial charge in [-0.15, -0.1) is 0 Å². The van der Waals surface area contributed by atoms with Crippen molar-refractivity contribution < 1.29 is 14.2 Å². The van der Waals surface area contributed by atoms with Crippen molar-refractivity contribution in [2.75, 3.05) is 39.2 Å². The normalized spacial score (nSPS) is 15.6. The molecule has 0 amide bonds. The van der Waals surface area contributed by atoms with E-state index in [1.165, 1.54) is 19.2 Å². The molecule has 2 heterocycles. The molecule has 6 nitrogen and oxygen atoms in total. The van der Waals surface area contributed by atoms with Gasteiger partial charge in [0.05, 0.1) is 18.9 Å². The van der Waals surface area contributed by atoms with E-state index in [0.29, 0.717) is 18.7 Å². The van der Waals surface area contributed by atoms with Gasteiger partial charge in [-0.3, -0.25) is 4.90 Å². The van der Waals surface area contributed by atoms with E-state index in [1.54, 1.807) is 12.4 Å². The number of nitrogens with zero attached hydrogens (tertiary/aromatic N) is 4. The van der Waals surface area contributed by atoms with Crippen LogP contribution in [0.2, 0.25) is 0 Å². The number of β-amino-alcohol motifs (C(OH)–C–C–N with tert-alkyl or cyclic N) is 1. The number of hydrogen-bond donors (Lipinski definition) is 1. The number of aliphatic hydroxyl groups excluding tert-OH is 1. The fourth-order valence-corrected chi connectivity index (χ4v) is 3.16. The van der Waals surface area contributed by atoms with Crippen LogP contribution in [0.5, 0.6) is 5.75 Å². The minimum atomic E-state index is -0.769. The summed E-state index contributed by atoms with van der Waals surface area (Å²) in [4.78, 5) is 12.8. The number of methoxy groups -OCH3 is 1. The third-order valence-corrected chi connectivity index (χ3v) is 4.47. The minimum absolute atomic E-state index is 0.177. The van der Waals surface area contributed by atoms with E-state index in [-0.39, 0.29) is 5.75 Å². The lowest BCUT2D eigenvalue weighted by molar-refractivity contribution is 0.105. The molecule has 0 spiro atoms. The molecule has 1 N–H and O–H groups in total. The molecule has 134 valence electrons. The molecule has 0 radical (unpaired) electrons. The van der Waals surface area contributed by atoms with Crippen molar-refractivity contribution in [3.8, 4) is 5.75 Å². The number of ether oxygens (including phenoxy) is 1. The summed E-state index contributed by atoms with van der Waals surface area (Å²) in [6.07, 6.45) is 1.63. The fraction of sp³-hybridized carbons (Fsp3) is 0.444. The van der Waals surface area contributed by atoms with E-state index in [0.717, 1.165) is 30.0 Å². The summed E-state index contributed by atoms with van der Waals surface area (Å²) < 4.78 is 18.8. The number of aromatic nitrogens is 2. The second kappa shape index (κ2) is 7.33. The molecule has 2 aromatic rings. The molecule has 1 aromatic carbocycles. The molecule has 7 heteroatoms. The van der Waals surface area contributed by atoms with Gasteiger partial charge in [0.25, 0.3) is 0 Å². The summed E-state index contributed by atoms with van der Waals surface area (Å²) in [6, 6.07) is 4.56. The topological polar surface area (TPSA) is 61.7 Å². The van der Waals surface area contributed by atoms with Gasteiger partial charge < -0.3 is 14.7 Å². The highest BCUT2D eigenvalue weighted by molar-refractivity contribution is 5.48. The van der Waals surface area contributed by atoms with Gasteiger partial charge in [0.2, 0.25) is 0 Å². The van der Waals surface area contributed by atoms with Gasteiger partial charge in [-0.2, -0.15) is 0 Å². The second-order valence-corrected chi connectivity index (χ2v) is 6.41. The van der Waals surface area contributed by atoms with Crippen molar-refractivity contribution in [3.05, 3.63) is 47.2 Å². The highest BCUT2D eigenvalue weighted by Crippen LogP contribution is 2.27. The number of fused-ring (bicyclic) bond motifs is 1. The number of aliphatic hydroxyl groups is 1. The average molecular weight is 346 g/mol. The van der Waals surface area contributed by atoms with Gasteiger partial charge >= 0.3 is 0 Å². The van der Waals surface area contributed by atoms with Crippen LogP contribution in [0.3, 0.4) is 0 Å². The standard InChI is InChI=1S/C18H23FN4O2/c1-22(2)18-13-9-23(7-6-15(13)20-11-21-18)10-16(24)12-4-5-17(25-3)14(19)8-12/h4-5,8,11,16,24H,6-7,9-10H2,1-3H3/t16-/m1/s1. The highest BCUT2D eigenvalue weighted by Gasteiger charge is 2.24. The quantitative estimate of drug-likeness (QED) is 0.891. The van der Waals surface area contributed by atoms with E-state index in [4.69, 9.17) is 4.74 Å². The van der Waals surface area contributed by atoms with Crippen LogP contribution < -0.4 is 9.64 Å². The molecule has 0 saturated carbocycles. The van der Waals surface area contributed by atoms with E-state index in [2.05, 4.69) is 14.9 Å². The van der Waals surface area contributed by atoms with E-state index >= 15 is 0 Å². The number of halogens is 1. The van der Waals surface area contributed by atoms with Crippen LogP contribution in [0.15, 0.2) is 24.5 Å². The predicted octanol–water partition coefficient (Wildman–Crippen LogP) is 1.78. The molecule has 0 bridgehead atoms. The van der Waals surface area contributed by atoms with Crippen LogP contribution in [0.1, 0.15) is 22.9 Å². The monoisotopic (exact) mass is 346 g/mol. The molecule has 0 fully saturated rings. The summed E-state index contributed by atoms with van der Waals surface area (Å²) >= 11 is 0. The van der Waals surface area contributed by atoms with Crippen molar-refractivity contribution in [2.24, 2.45) is 0 Å². The van der Waals surface area contributed by atoms with Gasteiger partial charge in [-0.1, -0.05) is 6.07 Å². The zero-order valence-electron chi connectivity index (χ0n) is 14.7. The fourth-order valence-electron chi connectivity index (χ4n) is 3.16. The van der Waals surface area contributed by atoms with Gasteiger partial charge in [-0.25, -0.2) is 14.4 Å². The number of rotatable bonds is 5. The first kappa shape index (κ1) is 17.6. The van der Waals surface area contributed by atoms with E-state index < -0.39 is 11.9 Å². The lowest BCUT2D eigenvalue weighted by Crippen LogP contribution is -2.35. The molecule has 1 atom stereocenters. The van der Waals surface area contributed by atoms with Crippen molar-refractivity contribution in [2.45, 2.75) is 19.1 Å². The largest absolute Gasteiger partial charge is 0.494 e. The van der Waals surface area contributed by atoms with Crippen molar-refractivity contribution in [1.82, 2.24) is 14.9 Å². The number of benzene rings is 1. The second-order valence-electron chi connectivity index (χ2n) is 6.41. The van der Waals surface area contributed by atoms with Gasteiger partial charge in [0, 0.05) is 45.7 Å². The minimum Gasteiger partial charge on any atom is -0.494 e. The van der Waals surface area contributed by atoms with Gasteiger partial charge in [0.15, 0.2) is 11.6 Å². The zero-order chi connectivity index (χ0) is 18.0. The molecule has 25 heavy (non-hydrogen) atoms. The first-order chi connectivity index (χ1) is 12.0. The van der Waals surface area contributed by atoms with Crippen LogP contribution in [0, 0.1) is 5.82 Å². The Morgan fingerprint density at radius 2 is 2.16 bits per heavy atom. The van der Waals surface area contributed by atoms with E-state index in [1.807, 2.05) is 19.0 Å². The van der Waals surface area contributed by atoms with Crippen molar-refractivity contribution >= 4 is 5.82 Å². The van der Waals surface area contributed by atoms with Crippen LogP contribution in [-0.2, 0) is 13.0 Å². The molecular weight excluding hydrogens is 323 g/mol. The van der Waals surface area contributed by atoms with Crippen molar-refractivity contribution in [1.29, 1.82) is 0 Å². The lowest BCUT2D eigenvalue weighted by Gasteiger charge is -2.31. The Kier molecular flexibility index (Phi) is 5.15. The Morgan fingerprint density at radius 3 is 2.84 bits per heavy atom. The summed E-state index contributed by atoms with van der Waals surface area (Å²) in [5.74, 6) is 0.613. The van der Waals surface area contributed by atoms with Crippen molar-refractivity contribution in [3.63, 3.8) is 0 Å². The summed E-state index contributed by atoms with van der Waals surface area (Å²) in [5.41, 5.74) is 2.69. The summed E-state index contributed by atoms with van der Waals surface area (Å²) in [5, 5.41) is 10.5. The van der Waals surface area contributed by atoms with Crippen LogP contribution in [0.4, 0.5) is 10.2 Å². The maximum atomic E-state index is 13.9. The average Bonchev–Trinajstić information content (AvgIpc) is 2.60. The maximum Gasteiger partial charge on any atom is 0.165 e. The molecule has 1 aliphatic heterocycles. The summed E-state index contributed by atoms with van der Waals surface area (Å²) in [7, 11) is 5.33. The SMILES string of the molecule is COc1ccc([C@H](O)CN2CCc3ncnc(N(C)C)c3C2)cc1F. The first-order valence-corrected chi connectivity index (χ1v) is 8.23. The highest BCUT2D eigenvalue weighted by atomic mass is 19.1. The molecule has 0 saturated heterocycles. The smallest absolute Gasteiger partial charge is 0.165 e. The molecule has 0 unspecified atom stereocenters. The first-order valence-electron chi connectivity index (χ1n) is 8.23. The third kappa shape index (κ3) is 3.72. The Hall–Kier alpha value is -2.25. The van der Waals surface area contributed by atoms with Crippen LogP contribution >= 0.6 is 0 Å². The predicted molar refractivity (Wildman–Crippen MR) is 93.3 cm³/mol. The Balaban J connectivity index is 1.73. The maximum absolute atomic E-state index is 13.9. The zero-order valence-corrected chi connectivity index (χ0v) is 14.7. The van der Waals surface area contributed by atoms with Crippen LogP contribution in [0.25, 0.3) is 0 Å². The third-order valence-electron chi connectivity index (χ3n) is 4.47. The number of hydrogen-bond acceptors (Lipinski definition) is 6. The molecular formula is C18H23FN4O2. The molecule has 1 aliphatic rings. The molecule has 0 aliphatic carbocycles. The summed E-state index contributed by atoms with van der Waals surface area (Å²) in [6.45, 7) is 1.89. The Bertz CT molecular complexity index is 754. The Morgan fingerprint density at radius 1 is 1.36 bits per heavy atom. The number of anilines is 1. The van der Waals surface area contributed by atoms with Gasteiger partial charge in [0.1, 0.15) is 12.1 Å². The molecule has 3 rings (SSSR count). The Labute approximate surface area is 146 Å².